The summed E-state index contributed by atoms with van der Waals surface area (Å²) < 4.78 is 18.6. The second kappa shape index (κ2) is 7.42. The fourth-order valence-corrected chi connectivity index (χ4v) is 1.48. The number of allylic oxidation sites excluding steroid dienone is 1. The minimum Gasteiger partial charge on any atom is -0.493 e. The van der Waals surface area contributed by atoms with E-state index in [2.05, 4.69) is 6.58 Å². The number of hydrogen-bond acceptors (Lipinski definition) is 3. The molecule has 5 heteroatoms. The molecule has 0 atom stereocenters. The molecule has 0 radical (unpaired) electrons. The molecule has 0 amide bonds. The molecule has 4 nitrogen and oxygen atoms in total. The number of nitro groups is 1. The van der Waals surface area contributed by atoms with Gasteiger partial charge in [0.15, 0.2) is 0 Å². The molecule has 0 aromatic heterocycles. The summed E-state index contributed by atoms with van der Waals surface area (Å²) in [6.07, 6.45) is 5.79. The van der Waals surface area contributed by atoms with E-state index in [1.165, 1.54) is 6.07 Å². The summed E-state index contributed by atoms with van der Waals surface area (Å²) in [5.41, 5.74) is -0.534. The Morgan fingerprint density at radius 1 is 1.39 bits per heavy atom. The van der Waals surface area contributed by atoms with E-state index in [4.69, 9.17) is 4.74 Å². The Hall–Kier alpha value is -1.91. The summed E-state index contributed by atoms with van der Waals surface area (Å²) in [5.74, 6) is -0.550. The van der Waals surface area contributed by atoms with Crippen LogP contribution in [-0.2, 0) is 0 Å². The maximum absolute atomic E-state index is 13.2. The first-order valence-corrected chi connectivity index (χ1v) is 5.83. The van der Waals surface area contributed by atoms with E-state index >= 15 is 0 Å². The monoisotopic (exact) mass is 253 g/mol. The molecule has 98 valence electrons. The summed E-state index contributed by atoms with van der Waals surface area (Å²) in [5, 5.41) is 10.4. The van der Waals surface area contributed by atoms with Gasteiger partial charge in [0, 0.05) is 12.1 Å². The lowest BCUT2D eigenvalue weighted by atomic mass is 10.2. The molecule has 1 aromatic rings. The molecule has 0 N–H and O–H groups in total. The van der Waals surface area contributed by atoms with Gasteiger partial charge in [0.25, 0.3) is 0 Å². The molecule has 0 unspecified atom stereocenters. The molecule has 0 aliphatic heterocycles. The van der Waals surface area contributed by atoms with Gasteiger partial charge in [0.1, 0.15) is 5.75 Å². The molecule has 1 aromatic carbocycles. The highest BCUT2D eigenvalue weighted by atomic mass is 19.1. The maximum Gasteiger partial charge on any atom is 0.305 e. The first-order chi connectivity index (χ1) is 8.65. The summed E-state index contributed by atoms with van der Waals surface area (Å²) in [4.78, 5) is 9.65. The van der Waals surface area contributed by atoms with Crippen molar-refractivity contribution in [3.8, 4) is 5.75 Å². The van der Waals surface area contributed by atoms with Gasteiger partial charge in [-0.05, 0) is 31.7 Å². The summed E-state index contributed by atoms with van der Waals surface area (Å²) in [6, 6.07) is 3.56. The second-order valence-electron chi connectivity index (χ2n) is 3.86. The van der Waals surface area contributed by atoms with Crippen LogP contribution in [0.2, 0.25) is 0 Å². The first-order valence-electron chi connectivity index (χ1n) is 5.83. The topological polar surface area (TPSA) is 52.4 Å². The third kappa shape index (κ3) is 4.53. The third-order valence-corrected chi connectivity index (χ3v) is 2.44. The highest BCUT2D eigenvalue weighted by molar-refractivity contribution is 5.37. The average Bonchev–Trinajstić information content (AvgIpc) is 2.33. The molecule has 0 fully saturated rings. The lowest BCUT2D eigenvalue weighted by molar-refractivity contribution is -0.387. The highest BCUT2D eigenvalue weighted by Gasteiger charge is 2.13. The van der Waals surface area contributed by atoms with Crippen LogP contribution in [0.25, 0.3) is 0 Å². The van der Waals surface area contributed by atoms with Crippen LogP contribution in [0.5, 0.6) is 5.75 Å². The van der Waals surface area contributed by atoms with Crippen molar-refractivity contribution in [1.82, 2.24) is 0 Å². The lowest BCUT2D eigenvalue weighted by Crippen LogP contribution is -1.99. The van der Waals surface area contributed by atoms with Crippen molar-refractivity contribution >= 4 is 5.69 Å². The summed E-state index contributed by atoms with van der Waals surface area (Å²) in [6.45, 7) is 4.11. The van der Waals surface area contributed by atoms with Crippen LogP contribution in [0, 0.1) is 15.9 Å². The smallest absolute Gasteiger partial charge is 0.305 e. The van der Waals surface area contributed by atoms with Crippen molar-refractivity contribution in [2.45, 2.75) is 25.7 Å². The number of nitrogens with zero attached hydrogens (tertiary/aromatic N) is 1. The van der Waals surface area contributed by atoms with Crippen molar-refractivity contribution < 1.29 is 14.1 Å². The quantitative estimate of drug-likeness (QED) is 0.306. The minimum atomic E-state index is -0.871. The van der Waals surface area contributed by atoms with Crippen LogP contribution in [0.3, 0.4) is 0 Å². The molecule has 1 rings (SSSR count). The second-order valence-corrected chi connectivity index (χ2v) is 3.86. The molecule has 0 aliphatic rings. The molecule has 0 bridgehead atoms. The number of nitro benzene ring substituents is 1. The Bertz CT molecular complexity index is 421. The number of rotatable bonds is 8. The van der Waals surface area contributed by atoms with Gasteiger partial charge in [-0.2, -0.15) is 4.39 Å². The van der Waals surface area contributed by atoms with E-state index in [1.54, 1.807) is 0 Å². The predicted octanol–water partition coefficient (Wildman–Crippen LogP) is 3.86. The molecule has 0 saturated heterocycles. The van der Waals surface area contributed by atoms with Crippen molar-refractivity contribution in [2.75, 3.05) is 6.61 Å². The van der Waals surface area contributed by atoms with Crippen molar-refractivity contribution in [3.63, 3.8) is 0 Å². The average molecular weight is 253 g/mol. The Balaban J connectivity index is 2.37. The van der Waals surface area contributed by atoms with E-state index in [9.17, 15) is 14.5 Å². The summed E-state index contributed by atoms with van der Waals surface area (Å²) in [7, 11) is 0. The van der Waals surface area contributed by atoms with Gasteiger partial charge in [0.05, 0.1) is 11.5 Å². The Morgan fingerprint density at radius 2 is 2.17 bits per heavy atom. The Labute approximate surface area is 105 Å². The zero-order valence-electron chi connectivity index (χ0n) is 10.1. The lowest BCUT2D eigenvalue weighted by Gasteiger charge is -2.05. The van der Waals surface area contributed by atoms with Gasteiger partial charge < -0.3 is 4.74 Å². The van der Waals surface area contributed by atoms with Crippen LogP contribution in [0.4, 0.5) is 10.1 Å². The number of ether oxygens (including phenoxy) is 1. The van der Waals surface area contributed by atoms with Gasteiger partial charge in [0.2, 0.25) is 5.82 Å². The van der Waals surface area contributed by atoms with Gasteiger partial charge in [-0.1, -0.05) is 6.08 Å². The standard InChI is InChI=1S/C13H16FNO3/c1-2-3-4-5-6-9-18-11-7-8-13(15(16)17)12(14)10-11/h2,7-8,10H,1,3-6,9H2. The highest BCUT2D eigenvalue weighted by Crippen LogP contribution is 2.22. The predicted molar refractivity (Wildman–Crippen MR) is 67.2 cm³/mol. The van der Waals surface area contributed by atoms with Gasteiger partial charge in [-0.15, -0.1) is 6.58 Å². The SMILES string of the molecule is C=CCCCCCOc1ccc([N+](=O)[O-])c(F)c1. The molecule has 0 spiro atoms. The normalized spacial score (nSPS) is 10.1. The third-order valence-electron chi connectivity index (χ3n) is 2.44. The van der Waals surface area contributed by atoms with Crippen molar-refractivity contribution in [3.05, 3.63) is 46.8 Å². The number of halogens is 1. The van der Waals surface area contributed by atoms with Gasteiger partial charge >= 0.3 is 5.69 Å². The van der Waals surface area contributed by atoms with Crippen LogP contribution in [0.15, 0.2) is 30.9 Å². The molecular formula is C13H16FNO3. The van der Waals surface area contributed by atoms with Crippen molar-refractivity contribution in [2.24, 2.45) is 0 Å². The van der Waals surface area contributed by atoms with E-state index in [0.717, 1.165) is 37.8 Å². The van der Waals surface area contributed by atoms with Crippen LogP contribution in [0.1, 0.15) is 25.7 Å². The van der Waals surface area contributed by atoms with Crippen LogP contribution >= 0.6 is 0 Å². The fourth-order valence-electron chi connectivity index (χ4n) is 1.48. The van der Waals surface area contributed by atoms with Crippen LogP contribution in [-0.4, -0.2) is 11.5 Å². The zero-order valence-corrected chi connectivity index (χ0v) is 10.1. The maximum atomic E-state index is 13.2. The first kappa shape index (κ1) is 14.2. The van der Waals surface area contributed by atoms with E-state index in [0.29, 0.717) is 12.4 Å². The largest absolute Gasteiger partial charge is 0.493 e. The fraction of sp³-hybridized carbons (Fsp3) is 0.385. The minimum absolute atomic E-state index is 0.321. The Kier molecular flexibility index (Phi) is 5.84. The molecular weight excluding hydrogens is 237 g/mol. The molecule has 0 aliphatic carbocycles. The zero-order chi connectivity index (χ0) is 13.4. The van der Waals surface area contributed by atoms with Gasteiger partial charge in [-0.25, -0.2) is 0 Å². The Morgan fingerprint density at radius 3 is 2.78 bits per heavy atom. The number of unbranched alkanes of at least 4 members (excludes halogenated alkanes) is 3. The summed E-state index contributed by atoms with van der Waals surface area (Å²) >= 11 is 0. The molecule has 0 heterocycles. The number of benzene rings is 1. The van der Waals surface area contributed by atoms with Crippen molar-refractivity contribution in [1.29, 1.82) is 0 Å². The van der Waals surface area contributed by atoms with Crippen LogP contribution < -0.4 is 4.74 Å². The van der Waals surface area contributed by atoms with Gasteiger partial charge in [-0.3, -0.25) is 10.1 Å². The molecule has 0 saturated carbocycles. The van der Waals surface area contributed by atoms with E-state index < -0.39 is 16.4 Å². The molecule has 18 heavy (non-hydrogen) atoms. The van der Waals surface area contributed by atoms with E-state index in [1.807, 2.05) is 6.08 Å². The van der Waals surface area contributed by atoms with E-state index in [-0.39, 0.29) is 0 Å². The number of hydrogen-bond donors (Lipinski definition) is 0.